The van der Waals surface area contributed by atoms with E-state index < -0.39 is 11.4 Å². The van der Waals surface area contributed by atoms with Crippen molar-refractivity contribution >= 4 is 17.9 Å². The molecule has 1 aliphatic rings. The summed E-state index contributed by atoms with van der Waals surface area (Å²) in [5.41, 5.74) is -0.379. The van der Waals surface area contributed by atoms with Crippen LogP contribution >= 0.6 is 0 Å². The van der Waals surface area contributed by atoms with E-state index in [1.807, 2.05) is 20.8 Å². The van der Waals surface area contributed by atoms with Gasteiger partial charge in [0.1, 0.15) is 22.9 Å². The summed E-state index contributed by atoms with van der Waals surface area (Å²) >= 11 is 0. The van der Waals surface area contributed by atoms with Gasteiger partial charge in [-0.15, -0.1) is 0 Å². The molecule has 1 aliphatic heterocycles. The van der Waals surface area contributed by atoms with Gasteiger partial charge >= 0.3 is 6.09 Å². The molecule has 0 atom stereocenters. The van der Waals surface area contributed by atoms with Crippen LogP contribution in [-0.2, 0) is 9.53 Å². The van der Waals surface area contributed by atoms with Gasteiger partial charge in [-0.3, -0.25) is 0 Å². The predicted octanol–water partition coefficient (Wildman–Crippen LogP) is 3.82. The van der Waals surface area contributed by atoms with Gasteiger partial charge in [0, 0.05) is 19.2 Å². The van der Waals surface area contributed by atoms with Crippen molar-refractivity contribution in [2.75, 3.05) is 19.7 Å². The second kappa shape index (κ2) is 8.12. The molecule has 25 heavy (non-hydrogen) atoms. The molecule has 0 spiro atoms. The zero-order valence-electron chi connectivity index (χ0n) is 14.8. The molecule has 0 N–H and O–H groups in total. The largest absolute Gasteiger partial charge is 0.491 e. The number of rotatable bonds is 4. The summed E-state index contributed by atoms with van der Waals surface area (Å²) in [5, 5.41) is 0. The Balaban J connectivity index is 1.85. The highest BCUT2D eigenvalue weighted by Crippen LogP contribution is 2.29. The molecule has 0 aliphatic carbocycles. The highest BCUT2D eigenvalue weighted by molar-refractivity contribution is 5.68. The molecule has 0 bridgehead atoms. The molecular formula is C18H23FN2O4. The number of hydrogen-bond donors (Lipinski definition) is 0. The maximum Gasteiger partial charge on any atom is 0.410 e. The fraction of sp³-hybridized carbons (Fsp3) is 0.556. The SMILES string of the molecule is CC(C)(C)OC(=O)N1CCC(COc2ccc(F)cc2N=C=O)CC1. The topological polar surface area (TPSA) is 68.2 Å². The average molecular weight is 350 g/mol. The molecule has 1 aromatic rings. The van der Waals surface area contributed by atoms with Crippen molar-refractivity contribution < 1.29 is 23.5 Å². The molecule has 0 aromatic heterocycles. The van der Waals surface area contributed by atoms with Crippen molar-refractivity contribution in [3.8, 4) is 5.75 Å². The fourth-order valence-corrected chi connectivity index (χ4v) is 2.57. The number of isocyanates is 1. The number of amides is 1. The van der Waals surface area contributed by atoms with E-state index in [0.29, 0.717) is 25.4 Å². The molecule has 6 nitrogen and oxygen atoms in total. The lowest BCUT2D eigenvalue weighted by molar-refractivity contribution is 0.0165. The molecule has 2 rings (SSSR count). The quantitative estimate of drug-likeness (QED) is 0.611. The number of piperidine rings is 1. The predicted molar refractivity (Wildman–Crippen MR) is 90.2 cm³/mol. The maximum atomic E-state index is 13.2. The van der Waals surface area contributed by atoms with Crippen molar-refractivity contribution in [1.82, 2.24) is 4.90 Å². The molecule has 1 heterocycles. The van der Waals surface area contributed by atoms with Gasteiger partial charge < -0.3 is 14.4 Å². The molecule has 1 aromatic carbocycles. The van der Waals surface area contributed by atoms with Crippen LogP contribution in [0.15, 0.2) is 23.2 Å². The minimum absolute atomic E-state index is 0.126. The highest BCUT2D eigenvalue weighted by Gasteiger charge is 2.27. The Bertz CT molecular complexity index is 658. The second-order valence-corrected chi connectivity index (χ2v) is 7.04. The first kappa shape index (κ1) is 18.9. The Morgan fingerprint density at radius 3 is 2.64 bits per heavy atom. The van der Waals surface area contributed by atoms with E-state index in [2.05, 4.69) is 4.99 Å². The summed E-state index contributed by atoms with van der Waals surface area (Å²) in [6.07, 6.45) is 2.67. The summed E-state index contributed by atoms with van der Waals surface area (Å²) in [6.45, 7) is 7.14. The molecule has 7 heteroatoms. The van der Waals surface area contributed by atoms with Crippen molar-refractivity contribution in [1.29, 1.82) is 0 Å². The second-order valence-electron chi connectivity index (χ2n) is 7.04. The molecule has 1 saturated heterocycles. The van der Waals surface area contributed by atoms with E-state index >= 15 is 0 Å². The monoisotopic (exact) mass is 350 g/mol. The van der Waals surface area contributed by atoms with Gasteiger partial charge in [-0.1, -0.05) is 0 Å². The number of aliphatic imine (C=N–C) groups is 1. The lowest BCUT2D eigenvalue weighted by Crippen LogP contribution is -2.42. The van der Waals surface area contributed by atoms with E-state index in [1.54, 1.807) is 4.90 Å². The molecule has 0 radical (unpaired) electrons. The van der Waals surface area contributed by atoms with Crippen LogP contribution in [0.5, 0.6) is 5.75 Å². The number of hydrogen-bond acceptors (Lipinski definition) is 5. The van der Waals surface area contributed by atoms with E-state index in [0.717, 1.165) is 18.9 Å². The average Bonchev–Trinajstić information content (AvgIpc) is 2.53. The molecule has 0 unspecified atom stereocenters. The number of benzene rings is 1. The van der Waals surface area contributed by atoms with Gasteiger partial charge in [0.2, 0.25) is 6.08 Å². The molecule has 1 amide bonds. The number of carbonyl (C=O) groups excluding carboxylic acids is 2. The third-order valence-electron chi connectivity index (χ3n) is 3.83. The lowest BCUT2D eigenvalue weighted by atomic mass is 9.98. The molecule has 0 saturated carbocycles. The van der Waals surface area contributed by atoms with Gasteiger partial charge in [-0.05, 0) is 51.7 Å². The summed E-state index contributed by atoms with van der Waals surface area (Å²) in [5.74, 6) is 0.114. The first-order valence-corrected chi connectivity index (χ1v) is 8.26. The standard InChI is InChI=1S/C18H23FN2O4/c1-18(2,3)25-17(23)21-8-6-13(7-9-21)11-24-16-5-4-14(19)10-15(16)20-12-22/h4-5,10,13H,6-9,11H2,1-3H3. The summed E-state index contributed by atoms with van der Waals surface area (Å²) in [7, 11) is 0. The number of halogens is 1. The van der Waals surface area contributed by atoms with Crippen molar-refractivity contribution in [3.63, 3.8) is 0 Å². The van der Waals surface area contributed by atoms with Crippen molar-refractivity contribution in [3.05, 3.63) is 24.0 Å². The molecule has 136 valence electrons. The Hall–Kier alpha value is -2.40. The van der Waals surface area contributed by atoms with Crippen LogP contribution in [0.2, 0.25) is 0 Å². The number of ether oxygens (including phenoxy) is 2. The number of likely N-dealkylation sites (tertiary alicyclic amines) is 1. The van der Waals surface area contributed by atoms with E-state index in [4.69, 9.17) is 9.47 Å². The minimum Gasteiger partial charge on any atom is -0.491 e. The van der Waals surface area contributed by atoms with E-state index in [9.17, 15) is 14.0 Å². The summed E-state index contributed by atoms with van der Waals surface area (Å²) in [4.78, 5) is 27.6. The first-order valence-electron chi connectivity index (χ1n) is 8.26. The van der Waals surface area contributed by atoms with Crippen LogP contribution in [-0.4, -0.2) is 42.4 Å². The van der Waals surface area contributed by atoms with E-state index in [1.165, 1.54) is 18.2 Å². The fourth-order valence-electron chi connectivity index (χ4n) is 2.57. The summed E-state index contributed by atoms with van der Waals surface area (Å²) < 4.78 is 24.3. The Labute approximate surface area is 146 Å². The lowest BCUT2D eigenvalue weighted by Gasteiger charge is -2.33. The Kier molecular flexibility index (Phi) is 6.15. The van der Waals surface area contributed by atoms with Crippen LogP contribution in [0.3, 0.4) is 0 Å². The highest BCUT2D eigenvalue weighted by atomic mass is 19.1. The van der Waals surface area contributed by atoms with Gasteiger partial charge in [-0.25, -0.2) is 14.0 Å². The zero-order chi connectivity index (χ0) is 18.4. The van der Waals surface area contributed by atoms with Crippen LogP contribution < -0.4 is 4.74 Å². The Morgan fingerprint density at radius 1 is 1.36 bits per heavy atom. The number of nitrogens with zero attached hydrogens (tertiary/aromatic N) is 2. The van der Waals surface area contributed by atoms with Gasteiger partial charge in [0.25, 0.3) is 0 Å². The van der Waals surface area contributed by atoms with Crippen LogP contribution in [0, 0.1) is 11.7 Å². The summed E-state index contributed by atoms with van der Waals surface area (Å²) in [6, 6.07) is 3.83. The normalized spacial score (nSPS) is 15.4. The van der Waals surface area contributed by atoms with Crippen molar-refractivity contribution in [2.45, 2.75) is 39.2 Å². The van der Waals surface area contributed by atoms with Crippen LogP contribution in [0.4, 0.5) is 14.9 Å². The van der Waals surface area contributed by atoms with Crippen molar-refractivity contribution in [2.24, 2.45) is 10.9 Å². The Morgan fingerprint density at radius 2 is 2.04 bits per heavy atom. The third kappa shape index (κ3) is 5.87. The van der Waals surface area contributed by atoms with Gasteiger partial charge in [0.15, 0.2) is 0 Å². The minimum atomic E-state index is -0.505. The van der Waals surface area contributed by atoms with E-state index in [-0.39, 0.29) is 17.7 Å². The van der Waals surface area contributed by atoms with Crippen LogP contribution in [0.1, 0.15) is 33.6 Å². The third-order valence-corrected chi connectivity index (χ3v) is 3.83. The smallest absolute Gasteiger partial charge is 0.410 e. The molecule has 1 fully saturated rings. The first-order chi connectivity index (χ1) is 11.8. The zero-order valence-corrected chi connectivity index (χ0v) is 14.8. The maximum absolute atomic E-state index is 13.2. The van der Waals surface area contributed by atoms with Crippen LogP contribution in [0.25, 0.3) is 0 Å². The number of carbonyl (C=O) groups is 1. The van der Waals surface area contributed by atoms with Gasteiger partial charge in [-0.2, -0.15) is 4.99 Å². The molecular weight excluding hydrogens is 327 g/mol. The van der Waals surface area contributed by atoms with Gasteiger partial charge in [0.05, 0.1) is 6.61 Å².